The van der Waals surface area contributed by atoms with Crippen LogP contribution in [0.15, 0.2) is 11.8 Å². The van der Waals surface area contributed by atoms with Gasteiger partial charge >= 0.3 is 0 Å². The first kappa shape index (κ1) is 11.0. The Labute approximate surface area is 74.4 Å². The fourth-order valence-electron chi connectivity index (χ4n) is 0.784. The number of hydrogen-bond donors (Lipinski definition) is 1. The summed E-state index contributed by atoms with van der Waals surface area (Å²) in [6.07, 6.45) is 2.84. The molecular formula is C9H18N2O. The number of amides is 1. The average molecular weight is 170 g/mol. The van der Waals surface area contributed by atoms with E-state index in [4.69, 9.17) is 0 Å². The summed E-state index contributed by atoms with van der Waals surface area (Å²) in [4.78, 5) is 12.8. The van der Waals surface area contributed by atoms with Crippen LogP contribution in [0.4, 0.5) is 0 Å². The first-order chi connectivity index (χ1) is 5.59. The second-order valence-corrected chi connectivity index (χ2v) is 2.98. The van der Waals surface area contributed by atoms with Crippen molar-refractivity contribution in [1.82, 2.24) is 10.2 Å². The maximum atomic E-state index is 11.3. The van der Waals surface area contributed by atoms with Crippen LogP contribution in [0.3, 0.4) is 0 Å². The van der Waals surface area contributed by atoms with Crippen molar-refractivity contribution in [2.45, 2.75) is 20.3 Å². The first-order valence-corrected chi connectivity index (χ1v) is 4.21. The third-order valence-corrected chi connectivity index (χ3v) is 1.46. The van der Waals surface area contributed by atoms with Crippen molar-refractivity contribution < 1.29 is 4.79 Å². The van der Waals surface area contributed by atoms with Gasteiger partial charge in [0, 0.05) is 32.4 Å². The molecule has 0 aliphatic carbocycles. The molecule has 0 saturated heterocycles. The third-order valence-electron chi connectivity index (χ3n) is 1.46. The van der Waals surface area contributed by atoms with Crippen LogP contribution in [0.2, 0.25) is 0 Å². The maximum Gasteiger partial charge on any atom is 0.250 e. The molecule has 0 fully saturated rings. The van der Waals surface area contributed by atoms with Crippen molar-refractivity contribution in [3.63, 3.8) is 0 Å². The molecule has 0 bridgehead atoms. The smallest absolute Gasteiger partial charge is 0.250 e. The lowest BCUT2D eigenvalue weighted by Gasteiger charge is -2.10. The molecule has 0 spiro atoms. The predicted molar refractivity (Wildman–Crippen MR) is 50.7 cm³/mol. The molecule has 0 aromatic carbocycles. The second kappa shape index (κ2) is 5.63. The van der Waals surface area contributed by atoms with Gasteiger partial charge in [0.15, 0.2) is 0 Å². The van der Waals surface area contributed by atoms with Crippen LogP contribution >= 0.6 is 0 Å². The van der Waals surface area contributed by atoms with Crippen molar-refractivity contribution in [3.05, 3.63) is 11.8 Å². The van der Waals surface area contributed by atoms with Crippen molar-refractivity contribution >= 4 is 5.91 Å². The standard InChI is InChI=1S/C9H18N2O/c1-5-6-10-7-8(2)9(12)11(3)4/h7,10H,5-6H2,1-4H3. The molecule has 0 saturated carbocycles. The lowest BCUT2D eigenvalue weighted by atomic mass is 10.3. The zero-order valence-electron chi connectivity index (χ0n) is 8.35. The van der Waals surface area contributed by atoms with E-state index >= 15 is 0 Å². The van der Waals surface area contributed by atoms with Crippen LogP contribution in [0.25, 0.3) is 0 Å². The number of hydrogen-bond acceptors (Lipinski definition) is 2. The molecule has 0 aromatic rings. The van der Waals surface area contributed by atoms with Crippen LogP contribution in [-0.2, 0) is 4.79 Å². The minimum atomic E-state index is 0.0543. The quantitative estimate of drug-likeness (QED) is 0.504. The van der Waals surface area contributed by atoms with Crippen LogP contribution < -0.4 is 5.32 Å². The third kappa shape index (κ3) is 4.01. The van der Waals surface area contributed by atoms with Gasteiger partial charge < -0.3 is 10.2 Å². The molecule has 1 N–H and O–H groups in total. The highest BCUT2D eigenvalue weighted by Crippen LogP contribution is 1.94. The zero-order valence-corrected chi connectivity index (χ0v) is 8.35. The Morgan fingerprint density at radius 2 is 2.08 bits per heavy atom. The number of carbonyl (C=O) groups is 1. The lowest BCUT2D eigenvalue weighted by Crippen LogP contribution is -2.23. The first-order valence-electron chi connectivity index (χ1n) is 4.21. The Morgan fingerprint density at radius 3 is 2.50 bits per heavy atom. The summed E-state index contributed by atoms with van der Waals surface area (Å²) in [5.41, 5.74) is 0.744. The average Bonchev–Trinajstić information content (AvgIpc) is 2.03. The van der Waals surface area contributed by atoms with Crippen molar-refractivity contribution in [1.29, 1.82) is 0 Å². The Morgan fingerprint density at radius 1 is 1.50 bits per heavy atom. The molecule has 70 valence electrons. The minimum Gasteiger partial charge on any atom is -0.391 e. The van der Waals surface area contributed by atoms with Gasteiger partial charge in [-0.1, -0.05) is 6.92 Å². The van der Waals surface area contributed by atoms with Gasteiger partial charge in [-0.2, -0.15) is 0 Å². The molecule has 12 heavy (non-hydrogen) atoms. The topological polar surface area (TPSA) is 32.3 Å². The van der Waals surface area contributed by atoms with Gasteiger partial charge in [-0.3, -0.25) is 4.79 Å². The lowest BCUT2D eigenvalue weighted by molar-refractivity contribution is -0.124. The van der Waals surface area contributed by atoms with Crippen LogP contribution in [0.5, 0.6) is 0 Å². The van der Waals surface area contributed by atoms with Gasteiger partial charge in [0.25, 0.3) is 0 Å². The molecule has 1 amide bonds. The number of rotatable bonds is 4. The minimum absolute atomic E-state index is 0.0543. The predicted octanol–water partition coefficient (Wildman–Crippen LogP) is 0.978. The van der Waals surface area contributed by atoms with E-state index in [1.165, 1.54) is 0 Å². The molecule has 0 aliphatic heterocycles. The summed E-state index contributed by atoms with van der Waals surface area (Å²) >= 11 is 0. The summed E-state index contributed by atoms with van der Waals surface area (Å²) < 4.78 is 0. The SMILES string of the molecule is CCCNC=C(C)C(=O)N(C)C. The largest absolute Gasteiger partial charge is 0.391 e. The second-order valence-electron chi connectivity index (χ2n) is 2.98. The van der Waals surface area contributed by atoms with E-state index in [-0.39, 0.29) is 5.91 Å². The zero-order chi connectivity index (χ0) is 9.56. The van der Waals surface area contributed by atoms with Crippen molar-refractivity contribution in [2.75, 3.05) is 20.6 Å². The summed E-state index contributed by atoms with van der Waals surface area (Å²) in [5.74, 6) is 0.0543. The normalized spacial score (nSPS) is 11.2. The van der Waals surface area contributed by atoms with Gasteiger partial charge in [0.2, 0.25) is 5.91 Å². The highest BCUT2D eigenvalue weighted by Gasteiger charge is 2.04. The van der Waals surface area contributed by atoms with Crippen LogP contribution in [0, 0.1) is 0 Å². The number of likely N-dealkylation sites (N-methyl/N-ethyl adjacent to an activating group) is 1. The van der Waals surface area contributed by atoms with E-state index in [0.29, 0.717) is 0 Å². The molecule has 0 aliphatic rings. The highest BCUT2D eigenvalue weighted by molar-refractivity contribution is 5.92. The fraction of sp³-hybridized carbons (Fsp3) is 0.667. The Kier molecular flexibility index (Phi) is 5.17. The molecule has 0 unspecified atom stereocenters. The highest BCUT2D eigenvalue weighted by atomic mass is 16.2. The molecule has 0 atom stereocenters. The van der Waals surface area contributed by atoms with E-state index in [2.05, 4.69) is 12.2 Å². The van der Waals surface area contributed by atoms with Gasteiger partial charge in [0.05, 0.1) is 0 Å². The monoisotopic (exact) mass is 170 g/mol. The van der Waals surface area contributed by atoms with E-state index in [9.17, 15) is 4.79 Å². The van der Waals surface area contributed by atoms with Gasteiger partial charge in [-0.15, -0.1) is 0 Å². The summed E-state index contributed by atoms with van der Waals surface area (Å²) in [7, 11) is 3.50. The summed E-state index contributed by atoms with van der Waals surface area (Å²) in [6.45, 7) is 4.81. The van der Waals surface area contributed by atoms with Crippen LogP contribution in [0.1, 0.15) is 20.3 Å². The molecule has 0 rings (SSSR count). The van der Waals surface area contributed by atoms with Crippen molar-refractivity contribution in [2.24, 2.45) is 0 Å². The van der Waals surface area contributed by atoms with E-state index in [0.717, 1.165) is 18.5 Å². The molecular weight excluding hydrogens is 152 g/mol. The molecule has 0 radical (unpaired) electrons. The number of carbonyl (C=O) groups excluding carboxylic acids is 1. The van der Waals surface area contributed by atoms with Gasteiger partial charge in [-0.25, -0.2) is 0 Å². The molecule has 0 aromatic heterocycles. The van der Waals surface area contributed by atoms with Crippen LogP contribution in [-0.4, -0.2) is 31.4 Å². The van der Waals surface area contributed by atoms with E-state index in [1.807, 2.05) is 6.92 Å². The maximum absolute atomic E-state index is 11.3. The summed E-state index contributed by atoms with van der Waals surface area (Å²) in [5, 5.41) is 3.06. The number of nitrogens with one attached hydrogen (secondary N) is 1. The van der Waals surface area contributed by atoms with E-state index in [1.54, 1.807) is 25.2 Å². The van der Waals surface area contributed by atoms with Gasteiger partial charge in [-0.05, 0) is 13.3 Å². The molecule has 3 nitrogen and oxygen atoms in total. The van der Waals surface area contributed by atoms with Crippen molar-refractivity contribution in [3.8, 4) is 0 Å². The van der Waals surface area contributed by atoms with E-state index < -0.39 is 0 Å². The Hall–Kier alpha value is -0.990. The van der Waals surface area contributed by atoms with Gasteiger partial charge in [0.1, 0.15) is 0 Å². The fourth-order valence-corrected chi connectivity index (χ4v) is 0.784. The number of nitrogens with zero attached hydrogens (tertiary/aromatic N) is 1. The molecule has 0 heterocycles. The summed E-state index contributed by atoms with van der Waals surface area (Å²) in [6, 6.07) is 0. The Bertz CT molecular complexity index is 173. The molecule has 3 heteroatoms. The Balaban J connectivity index is 3.91.